The third-order valence-corrected chi connectivity index (χ3v) is 5.63. The first-order valence-electron chi connectivity index (χ1n) is 11.7. The molecule has 8 nitrogen and oxygen atoms in total. The monoisotopic (exact) mass is 519 g/mol. The van der Waals surface area contributed by atoms with E-state index in [-0.39, 0.29) is 36.2 Å². The normalized spacial score (nSPS) is 15.1. The maximum absolute atomic E-state index is 15.0. The van der Waals surface area contributed by atoms with E-state index in [1.165, 1.54) is 44.3 Å². The molecule has 3 rings (SSSR count). The van der Waals surface area contributed by atoms with Gasteiger partial charge in [0.2, 0.25) is 11.8 Å². The molecule has 38 heavy (non-hydrogen) atoms. The summed E-state index contributed by atoms with van der Waals surface area (Å²) in [5.41, 5.74) is 2.18. The van der Waals surface area contributed by atoms with Gasteiger partial charge in [-0.1, -0.05) is 36.9 Å². The van der Waals surface area contributed by atoms with Gasteiger partial charge in [-0.05, 0) is 29.8 Å². The van der Waals surface area contributed by atoms with Crippen LogP contribution in [0.15, 0.2) is 101 Å². The first kappa shape index (κ1) is 27.9. The number of benzene rings is 2. The molecule has 0 unspecified atom stereocenters. The molecule has 198 valence electrons. The minimum absolute atomic E-state index is 0.0795. The first-order chi connectivity index (χ1) is 18.3. The van der Waals surface area contributed by atoms with Gasteiger partial charge in [0.15, 0.2) is 23.1 Å². The number of hydrogen-bond acceptors (Lipinski definition) is 6. The topological polar surface area (TPSA) is 89.5 Å². The predicted octanol–water partition coefficient (Wildman–Crippen LogP) is 4.78. The molecule has 0 aromatic heterocycles. The van der Waals surface area contributed by atoms with Crippen LogP contribution in [0.25, 0.3) is 0 Å². The molecule has 0 spiro atoms. The molecule has 1 aliphatic carbocycles. The lowest BCUT2D eigenvalue weighted by molar-refractivity contribution is -0.133. The molecule has 0 saturated heterocycles. The number of halogens is 1. The van der Waals surface area contributed by atoms with Crippen LogP contribution in [0.3, 0.4) is 0 Å². The Kier molecular flexibility index (Phi) is 9.59. The highest BCUT2D eigenvalue weighted by Gasteiger charge is 2.21. The van der Waals surface area contributed by atoms with Crippen LogP contribution in [0.1, 0.15) is 12.5 Å². The Morgan fingerprint density at radius 3 is 2.34 bits per heavy atom. The Hall–Kier alpha value is -4.66. The molecule has 0 aliphatic heterocycles. The van der Waals surface area contributed by atoms with Crippen molar-refractivity contribution in [1.29, 1.82) is 0 Å². The molecule has 0 heterocycles. The van der Waals surface area contributed by atoms with Crippen LogP contribution in [0.5, 0.6) is 5.75 Å². The van der Waals surface area contributed by atoms with E-state index in [9.17, 15) is 14.0 Å². The average Bonchev–Trinajstić information content (AvgIpc) is 2.92. The van der Waals surface area contributed by atoms with Crippen molar-refractivity contribution >= 4 is 23.2 Å². The summed E-state index contributed by atoms with van der Waals surface area (Å²) >= 11 is 0. The van der Waals surface area contributed by atoms with Crippen LogP contribution >= 0.6 is 0 Å². The third kappa shape index (κ3) is 6.97. The second-order valence-corrected chi connectivity index (χ2v) is 8.17. The number of ether oxygens (including phenoxy) is 3. The Balaban J connectivity index is 1.75. The zero-order chi connectivity index (χ0) is 27.7. The Bertz CT molecular complexity index is 1330. The molecule has 0 bridgehead atoms. The van der Waals surface area contributed by atoms with Gasteiger partial charge < -0.3 is 24.4 Å². The minimum Gasteiger partial charge on any atom is -0.493 e. The molecule has 0 atom stereocenters. The fourth-order valence-electron chi connectivity index (χ4n) is 3.69. The lowest BCUT2D eigenvalue weighted by atomic mass is 10.0. The molecule has 1 N–H and O–H groups in total. The summed E-state index contributed by atoms with van der Waals surface area (Å²) in [6.45, 7) is 5.28. The van der Waals surface area contributed by atoms with Crippen LogP contribution in [0.4, 0.5) is 10.1 Å². The number of nitrogens with one attached hydrogen (secondary N) is 1. The number of rotatable bonds is 10. The Morgan fingerprint density at radius 1 is 1.08 bits per heavy atom. The zero-order valence-corrected chi connectivity index (χ0v) is 21.8. The second-order valence-electron chi connectivity index (χ2n) is 8.17. The van der Waals surface area contributed by atoms with E-state index >= 15 is 0 Å². The standard InChI is InChI=1S/C29H30FN3O5/c1-6-25(22-15-27(36-4)28(37-5)16-24(22)31-3)38-26-13-12-21(14-23(26)30)32-29(35)18-33(19(2)34)17-20-10-8-7-9-11-20/h6-16H,1,17-18H2,2-5H3,(H,32,35)/b25-22+,31-24-. The first-order valence-corrected chi connectivity index (χ1v) is 11.7. The van der Waals surface area contributed by atoms with Gasteiger partial charge in [0, 0.05) is 43.9 Å². The summed E-state index contributed by atoms with van der Waals surface area (Å²) in [7, 11) is 4.63. The molecule has 1 aliphatic rings. The number of carbonyl (C=O) groups excluding carboxylic acids is 2. The van der Waals surface area contributed by atoms with E-state index in [0.29, 0.717) is 22.8 Å². The van der Waals surface area contributed by atoms with E-state index in [0.717, 1.165) is 11.6 Å². The molecular formula is C29H30FN3O5. The van der Waals surface area contributed by atoms with Gasteiger partial charge in [-0.3, -0.25) is 14.6 Å². The molecule has 2 amide bonds. The van der Waals surface area contributed by atoms with Crippen molar-refractivity contribution in [2.24, 2.45) is 4.99 Å². The smallest absolute Gasteiger partial charge is 0.244 e. The van der Waals surface area contributed by atoms with Gasteiger partial charge >= 0.3 is 0 Å². The van der Waals surface area contributed by atoms with Gasteiger partial charge in [-0.2, -0.15) is 0 Å². The zero-order valence-electron chi connectivity index (χ0n) is 21.8. The number of aliphatic imine (C=N–C) groups is 1. The maximum Gasteiger partial charge on any atom is 0.244 e. The van der Waals surface area contributed by atoms with Crippen LogP contribution < -0.4 is 10.1 Å². The van der Waals surface area contributed by atoms with Crippen LogP contribution in [0.2, 0.25) is 0 Å². The quantitative estimate of drug-likeness (QED) is 0.457. The summed E-state index contributed by atoms with van der Waals surface area (Å²) in [6, 6.07) is 13.4. The molecule has 9 heteroatoms. The number of allylic oxidation sites excluding steroid dienone is 4. The van der Waals surface area contributed by atoms with Gasteiger partial charge in [0.05, 0.1) is 19.9 Å². The van der Waals surface area contributed by atoms with Gasteiger partial charge in [-0.25, -0.2) is 4.39 Å². The van der Waals surface area contributed by atoms with E-state index in [1.807, 2.05) is 30.3 Å². The molecular weight excluding hydrogens is 489 g/mol. The summed E-state index contributed by atoms with van der Waals surface area (Å²) in [5, 5.41) is 2.63. The number of methoxy groups -OCH3 is 2. The van der Waals surface area contributed by atoms with Crippen molar-refractivity contribution in [3.8, 4) is 5.75 Å². The van der Waals surface area contributed by atoms with E-state index in [4.69, 9.17) is 14.2 Å². The highest BCUT2D eigenvalue weighted by atomic mass is 19.1. The second kappa shape index (κ2) is 13.0. The molecule has 2 aromatic carbocycles. The van der Waals surface area contributed by atoms with Crippen molar-refractivity contribution in [1.82, 2.24) is 4.90 Å². The van der Waals surface area contributed by atoms with Gasteiger partial charge in [0.1, 0.15) is 12.3 Å². The number of carbonyl (C=O) groups is 2. The summed E-state index contributed by atoms with van der Waals surface area (Å²) in [5.74, 6) is -0.307. The summed E-state index contributed by atoms with van der Waals surface area (Å²) in [4.78, 5) is 30.3. The van der Waals surface area contributed by atoms with E-state index in [1.54, 1.807) is 19.2 Å². The van der Waals surface area contributed by atoms with E-state index in [2.05, 4.69) is 16.9 Å². The van der Waals surface area contributed by atoms with Crippen molar-refractivity contribution in [2.45, 2.75) is 13.5 Å². The van der Waals surface area contributed by atoms with Crippen molar-refractivity contribution < 1.29 is 28.2 Å². The van der Waals surface area contributed by atoms with Crippen molar-refractivity contribution in [2.75, 3.05) is 33.1 Å². The summed E-state index contributed by atoms with van der Waals surface area (Å²) in [6.07, 6.45) is 4.78. The summed E-state index contributed by atoms with van der Waals surface area (Å²) < 4.78 is 31.5. The van der Waals surface area contributed by atoms with E-state index < -0.39 is 11.7 Å². The van der Waals surface area contributed by atoms with Crippen LogP contribution in [0, 0.1) is 5.82 Å². The highest BCUT2D eigenvalue weighted by Crippen LogP contribution is 2.28. The fraction of sp³-hybridized carbons (Fsp3) is 0.207. The molecule has 0 fully saturated rings. The lowest BCUT2D eigenvalue weighted by Gasteiger charge is -2.21. The third-order valence-electron chi connectivity index (χ3n) is 5.63. The van der Waals surface area contributed by atoms with Crippen LogP contribution in [-0.2, 0) is 25.6 Å². The SMILES string of the molecule is C=C/C(Oc1ccc(NC(=O)CN(Cc2ccccc2)C(C)=O)cc1F)=C1/C=C(OC)C(OC)=C/C1=N/C. The number of nitrogens with zero attached hydrogens (tertiary/aromatic N) is 2. The van der Waals surface area contributed by atoms with Crippen LogP contribution in [-0.4, -0.2) is 50.2 Å². The van der Waals surface area contributed by atoms with Crippen molar-refractivity contribution in [3.63, 3.8) is 0 Å². The van der Waals surface area contributed by atoms with Crippen molar-refractivity contribution in [3.05, 3.63) is 108 Å². The Labute approximate surface area is 221 Å². The molecule has 0 saturated carbocycles. The molecule has 0 radical (unpaired) electrons. The molecule has 2 aromatic rings. The highest BCUT2D eigenvalue weighted by molar-refractivity contribution is 6.12. The Morgan fingerprint density at radius 2 is 1.76 bits per heavy atom. The minimum atomic E-state index is -0.703. The largest absolute Gasteiger partial charge is 0.493 e. The number of amides is 2. The van der Waals surface area contributed by atoms with Gasteiger partial charge in [-0.15, -0.1) is 0 Å². The van der Waals surface area contributed by atoms with Gasteiger partial charge in [0.25, 0.3) is 0 Å². The average molecular weight is 520 g/mol. The number of hydrogen-bond donors (Lipinski definition) is 1. The number of anilines is 1. The maximum atomic E-state index is 15.0. The fourth-order valence-corrected chi connectivity index (χ4v) is 3.69. The predicted molar refractivity (Wildman–Crippen MR) is 144 cm³/mol. The lowest BCUT2D eigenvalue weighted by Crippen LogP contribution is -2.36.